The average molecular weight is 382 g/mol. The monoisotopic (exact) mass is 381 g/mol. The Kier molecular flexibility index (Phi) is 5.61. The van der Waals surface area contributed by atoms with Crippen LogP contribution in [0.5, 0.6) is 0 Å². The van der Waals surface area contributed by atoms with Gasteiger partial charge in [-0.2, -0.15) is 0 Å². The number of carbonyl (C=O) groups excluding carboxylic acids is 1. The summed E-state index contributed by atoms with van der Waals surface area (Å²) in [5.74, 6) is 1.18. The van der Waals surface area contributed by atoms with E-state index in [4.69, 9.17) is 23.2 Å². The van der Waals surface area contributed by atoms with Gasteiger partial charge in [0.05, 0.1) is 10.0 Å². The molecular weight excluding hydrogens is 361 g/mol. The molecule has 6 nitrogen and oxygen atoms in total. The maximum atomic E-state index is 12.8. The minimum atomic E-state index is -0.143. The smallest absolute Gasteiger partial charge is 0.293 e. The maximum absolute atomic E-state index is 12.8. The van der Waals surface area contributed by atoms with Crippen LogP contribution in [-0.2, 0) is 6.42 Å². The fourth-order valence-corrected chi connectivity index (χ4v) is 3.71. The molecular formula is C17H21Cl2N5O. The van der Waals surface area contributed by atoms with Crippen molar-refractivity contribution in [3.05, 3.63) is 39.9 Å². The number of carbonyl (C=O) groups is 1. The molecule has 0 radical (unpaired) electrons. The van der Waals surface area contributed by atoms with Gasteiger partial charge in [0.25, 0.3) is 5.91 Å². The number of rotatable bonds is 5. The number of halogens is 2. The number of nitrogens with one attached hydrogen (secondary N) is 1. The van der Waals surface area contributed by atoms with Crippen LogP contribution in [0.25, 0.3) is 5.69 Å². The van der Waals surface area contributed by atoms with Crippen molar-refractivity contribution in [3.63, 3.8) is 0 Å². The van der Waals surface area contributed by atoms with Gasteiger partial charge in [-0.15, -0.1) is 5.10 Å². The largest absolute Gasteiger partial charge is 0.336 e. The molecule has 2 aromatic rings. The van der Waals surface area contributed by atoms with Crippen LogP contribution >= 0.6 is 23.2 Å². The molecule has 1 unspecified atom stereocenters. The fourth-order valence-electron chi connectivity index (χ4n) is 3.15. The number of benzene rings is 1. The first-order valence-corrected chi connectivity index (χ1v) is 9.15. The number of aryl methyl sites for hydroxylation is 1. The molecule has 0 bridgehead atoms. The summed E-state index contributed by atoms with van der Waals surface area (Å²) in [6.45, 7) is 4.32. The average Bonchev–Trinajstić information content (AvgIpc) is 3.21. The zero-order valence-electron chi connectivity index (χ0n) is 14.3. The Bertz CT molecular complexity index is 756. The third-order valence-electron chi connectivity index (χ3n) is 4.40. The van der Waals surface area contributed by atoms with Gasteiger partial charge in [0, 0.05) is 19.5 Å². The lowest BCUT2D eigenvalue weighted by atomic mass is 10.1. The molecule has 1 aromatic carbocycles. The molecule has 8 heteroatoms. The summed E-state index contributed by atoms with van der Waals surface area (Å²) in [4.78, 5) is 19.0. The predicted molar refractivity (Wildman–Crippen MR) is 98.7 cm³/mol. The summed E-state index contributed by atoms with van der Waals surface area (Å²) >= 11 is 12.6. The van der Waals surface area contributed by atoms with Gasteiger partial charge in [-0.05, 0) is 38.1 Å². The summed E-state index contributed by atoms with van der Waals surface area (Å²) in [5, 5.41) is 8.53. The van der Waals surface area contributed by atoms with Gasteiger partial charge >= 0.3 is 0 Å². The molecule has 1 saturated heterocycles. The highest BCUT2D eigenvalue weighted by Crippen LogP contribution is 2.29. The summed E-state index contributed by atoms with van der Waals surface area (Å²) < 4.78 is 1.58. The zero-order chi connectivity index (χ0) is 18.0. The van der Waals surface area contributed by atoms with Gasteiger partial charge in [-0.1, -0.05) is 36.2 Å². The molecule has 1 aliphatic rings. The molecule has 134 valence electrons. The first-order chi connectivity index (χ1) is 12.0. The van der Waals surface area contributed by atoms with Crippen LogP contribution in [0.2, 0.25) is 10.0 Å². The lowest BCUT2D eigenvalue weighted by Crippen LogP contribution is -2.31. The second kappa shape index (κ2) is 7.72. The van der Waals surface area contributed by atoms with Crippen LogP contribution in [0.15, 0.2) is 18.2 Å². The first kappa shape index (κ1) is 18.2. The predicted octanol–water partition coefficient (Wildman–Crippen LogP) is 2.82. The number of aromatic nitrogens is 3. The Morgan fingerprint density at radius 3 is 2.72 bits per heavy atom. The lowest BCUT2D eigenvalue weighted by Gasteiger charge is -2.14. The number of hydrogen-bond donors (Lipinski definition) is 1. The van der Waals surface area contributed by atoms with Gasteiger partial charge in [0.1, 0.15) is 11.5 Å². The van der Waals surface area contributed by atoms with E-state index in [1.165, 1.54) is 0 Å². The van der Waals surface area contributed by atoms with Crippen molar-refractivity contribution < 1.29 is 4.79 Å². The molecule has 1 amide bonds. The van der Waals surface area contributed by atoms with Gasteiger partial charge in [-0.25, -0.2) is 9.67 Å². The number of amides is 1. The van der Waals surface area contributed by atoms with Gasteiger partial charge in [0.15, 0.2) is 0 Å². The molecule has 0 spiro atoms. The summed E-state index contributed by atoms with van der Waals surface area (Å²) in [7, 11) is 1.93. The third-order valence-corrected chi connectivity index (χ3v) is 5.01. The summed E-state index contributed by atoms with van der Waals surface area (Å²) in [6, 6.07) is 5.26. The highest BCUT2D eigenvalue weighted by Gasteiger charge is 2.29. The Labute approximate surface area is 157 Å². The van der Waals surface area contributed by atoms with E-state index in [-0.39, 0.29) is 11.7 Å². The van der Waals surface area contributed by atoms with Crippen molar-refractivity contribution in [1.82, 2.24) is 25.0 Å². The van der Waals surface area contributed by atoms with Crippen LogP contribution in [0.4, 0.5) is 0 Å². The highest BCUT2D eigenvalue weighted by atomic mass is 35.5. The van der Waals surface area contributed by atoms with Crippen LogP contribution in [-0.4, -0.2) is 52.3 Å². The topological polar surface area (TPSA) is 63.1 Å². The van der Waals surface area contributed by atoms with Crippen molar-refractivity contribution in [2.75, 3.05) is 26.7 Å². The van der Waals surface area contributed by atoms with E-state index >= 15 is 0 Å². The number of para-hydroxylation sites is 1. The number of hydrogen-bond acceptors (Lipinski definition) is 4. The second-order valence-electron chi connectivity index (χ2n) is 6.15. The molecule has 2 heterocycles. The standard InChI is InChI=1S/C17H21Cl2N5O/c1-3-14-21-16(17(25)23-8-7-11(10-23)9-20-2)22-24(14)15-12(18)5-4-6-13(15)19/h4-6,11,20H,3,7-10H2,1-2H3. The Morgan fingerprint density at radius 2 is 2.08 bits per heavy atom. The SMILES string of the molecule is CCc1nc(C(=O)N2CCC(CNC)C2)nn1-c1c(Cl)cccc1Cl. The van der Waals surface area contributed by atoms with E-state index in [0.29, 0.717) is 33.9 Å². The van der Waals surface area contributed by atoms with Crippen LogP contribution in [0.3, 0.4) is 0 Å². The molecule has 3 rings (SSSR count). The summed E-state index contributed by atoms with van der Waals surface area (Å²) in [6.07, 6.45) is 1.61. The minimum absolute atomic E-state index is 0.143. The fraction of sp³-hybridized carbons (Fsp3) is 0.471. The molecule has 25 heavy (non-hydrogen) atoms. The zero-order valence-corrected chi connectivity index (χ0v) is 15.8. The van der Waals surface area contributed by atoms with Crippen molar-refractivity contribution >= 4 is 29.1 Å². The van der Waals surface area contributed by atoms with E-state index in [9.17, 15) is 4.79 Å². The minimum Gasteiger partial charge on any atom is -0.336 e. The second-order valence-corrected chi connectivity index (χ2v) is 6.97. The lowest BCUT2D eigenvalue weighted by molar-refractivity contribution is 0.0775. The van der Waals surface area contributed by atoms with E-state index < -0.39 is 0 Å². The molecule has 0 saturated carbocycles. The van der Waals surface area contributed by atoms with Gasteiger partial charge in [0.2, 0.25) is 5.82 Å². The van der Waals surface area contributed by atoms with Crippen LogP contribution in [0, 0.1) is 5.92 Å². The maximum Gasteiger partial charge on any atom is 0.293 e. The highest BCUT2D eigenvalue weighted by molar-refractivity contribution is 6.37. The normalized spacial score (nSPS) is 17.3. The van der Waals surface area contributed by atoms with Crippen molar-refractivity contribution in [2.45, 2.75) is 19.8 Å². The Morgan fingerprint density at radius 1 is 1.36 bits per heavy atom. The molecule has 1 atom stereocenters. The molecule has 1 aromatic heterocycles. The number of nitrogens with zero attached hydrogens (tertiary/aromatic N) is 4. The van der Waals surface area contributed by atoms with E-state index in [0.717, 1.165) is 26.1 Å². The Balaban J connectivity index is 1.90. The summed E-state index contributed by atoms with van der Waals surface area (Å²) in [5.41, 5.74) is 0.559. The molecule has 1 aliphatic heterocycles. The molecule has 0 aliphatic carbocycles. The van der Waals surface area contributed by atoms with Crippen LogP contribution in [0.1, 0.15) is 29.8 Å². The third kappa shape index (κ3) is 3.66. The quantitative estimate of drug-likeness (QED) is 0.864. The van der Waals surface area contributed by atoms with Crippen molar-refractivity contribution in [2.24, 2.45) is 5.92 Å². The number of likely N-dealkylation sites (tertiary alicyclic amines) is 1. The van der Waals surface area contributed by atoms with E-state index in [1.54, 1.807) is 22.9 Å². The van der Waals surface area contributed by atoms with Crippen LogP contribution < -0.4 is 5.32 Å². The van der Waals surface area contributed by atoms with Gasteiger partial charge < -0.3 is 10.2 Å². The molecule has 1 fully saturated rings. The van der Waals surface area contributed by atoms with Crippen molar-refractivity contribution in [1.29, 1.82) is 0 Å². The Hall–Kier alpha value is -1.63. The molecule has 1 N–H and O–H groups in total. The van der Waals surface area contributed by atoms with Crippen molar-refractivity contribution in [3.8, 4) is 5.69 Å². The van der Waals surface area contributed by atoms with E-state index in [2.05, 4.69) is 15.4 Å². The van der Waals surface area contributed by atoms with Gasteiger partial charge in [-0.3, -0.25) is 4.79 Å². The first-order valence-electron chi connectivity index (χ1n) is 8.39. The van der Waals surface area contributed by atoms with E-state index in [1.807, 2.05) is 18.9 Å².